The van der Waals surface area contributed by atoms with E-state index < -0.39 is 5.97 Å². The number of methoxy groups -OCH3 is 2. The van der Waals surface area contributed by atoms with E-state index >= 15 is 0 Å². The fourth-order valence-corrected chi connectivity index (χ4v) is 4.62. The highest BCUT2D eigenvalue weighted by atomic mass is 16.5. The number of amides is 1. The Kier molecular flexibility index (Phi) is 5.80. The molecule has 0 aliphatic carbocycles. The van der Waals surface area contributed by atoms with Gasteiger partial charge in [0.15, 0.2) is 18.1 Å². The average molecular weight is 456 g/mol. The minimum atomic E-state index is -0.495. The molecule has 0 N–H and O–H groups in total. The van der Waals surface area contributed by atoms with Gasteiger partial charge in [-0.3, -0.25) is 4.79 Å². The first-order chi connectivity index (χ1) is 16.6. The fraction of sp³-hybridized carbons (Fsp3) is 0.214. The lowest BCUT2D eigenvalue weighted by Gasteiger charge is -2.29. The van der Waals surface area contributed by atoms with Crippen molar-refractivity contribution in [1.29, 1.82) is 0 Å². The van der Waals surface area contributed by atoms with Crippen molar-refractivity contribution in [2.75, 3.05) is 27.4 Å². The molecule has 0 saturated heterocycles. The summed E-state index contributed by atoms with van der Waals surface area (Å²) in [6.45, 7) is 0.679. The van der Waals surface area contributed by atoms with Gasteiger partial charge in [0, 0.05) is 13.1 Å². The summed E-state index contributed by atoms with van der Waals surface area (Å²) in [5.41, 5.74) is 2.62. The van der Waals surface area contributed by atoms with E-state index in [1.807, 2.05) is 60.7 Å². The van der Waals surface area contributed by atoms with Crippen LogP contribution in [0, 0.1) is 0 Å². The second-order valence-corrected chi connectivity index (χ2v) is 8.31. The van der Waals surface area contributed by atoms with E-state index in [0.29, 0.717) is 36.6 Å². The molecule has 4 aromatic rings. The Hall–Kier alpha value is -4.06. The van der Waals surface area contributed by atoms with Crippen LogP contribution in [0.1, 0.15) is 21.5 Å². The minimum absolute atomic E-state index is 0.224. The maximum absolute atomic E-state index is 13.2. The molecule has 6 nitrogen and oxygen atoms in total. The van der Waals surface area contributed by atoms with Crippen LogP contribution in [0.3, 0.4) is 0 Å². The molecule has 1 aliphatic rings. The van der Waals surface area contributed by atoms with Crippen LogP contribution < -0.4 is 9.47 Å². The molecule has 172 valence electrons. The Balaban J connectivity index is 1.35. The van der Waals surface area contributed by atoms with Crippen molar-refractivity contribution in [1.82, 2.24) is 4.90 Å². The summed E-state index contributed by atoms with van der Waals surface area (Å²) in [4.78, 5) is 27.8. The Morgan fingerprint density at radius 2 is 1.41 bits per heavy atom. The molecule has 0 fully saturated rings. The summed E-state index contributed by atoms with van der Waals surface area (Å²) in [5, 5.41) is 3.53. The van der Waals surface area contributed by atoms with Gasteiger partial charge in [0.1, 0.15) is 0 Å². The zero-order chi connectivity index (χ0) is 23.7. The zero-order valence-corrected chi connectivity index (χ0v) is 19.2. The summed E-state index contributed by atoms with van der Waals surface area (Å²) >= 11 is 0. The molecule has 0 radical (unpaired) electrons. The zero-order valence-electron chi connectivity index (χ0n) is 19.2. The van der Waals surface area contributed by atoms with Crippen molar-refractivity contribution >= 4 is 33.4 Å². The van der Waals surface area contributed by atoms with Crippen molar-refractivity contribution in [3.05, 3.63) is 83.4 Å². The van der Waals surface area contributed by atoms with Crippen LogP contribution in [0.5, 0.6) is 11.5 Å². The van der Waals surface area contributed by atoms with E-state index in [2.05, 4.69) is 6.07 Å². The third-order valence-electron chi connectivity index (χ3n) is 6.37. The van der Waals surface area contributed by atoms with Gasteiger partial charge in [0.25, 0.3) is 5.91 Å². The van der Waals surface area contributed by atoms with Crippen LogP contribution in [0.15, 0.2) is 66.7 Å². The van der Waals surface area contributed by atoms with Gasteiger partial charge in [-0.25, -0.2) is 4.79 Å². The van der Waals surface area contributed by atoms with Gasteiger partial charge in [-0.15, -0.1) is 0 Å². The summed E-state index contributed by atoms with van der Waals surface area (Å²) in [5.74, 6) is 0.588. The predicted molar refractivity (Wildman–Crippen MR) is 130 cm³/mol. The van der Waals surface area contributed by atoms with Crippen molar-refractivity contribution in [2.24, 2.45) is 0 Å². The SMILES string of the molecule is COc1cc2c(cc1OC)CN(C(=O)COC(=O)c1c3ccccc3cc3ccccc13)CC2. The maximum atomic E-state index is 13.2. The van der Waals surface area contributed by atoms with Crippen LogP contribution in [-0.2, 0) is 22.5 Å². The lowest BCUT2D eigenvalue weighted by molar-refractivity contribution is -0.135. The van der Waals surface area contributed by atoms with Crippen LogP contribution >= 0.6 is 0 Å². The first kappa shape index (κ1) is 21.8. The Bertz CT molecular complexity index is 1360. The number of benzene rings is 4. The largest absolute Gasteiger partial charge is 0.493 e. The highest BCUT2D eigenvalue weighted by Crippen LogP contribution is 2.33. The first-order valence-electron chi connectivity index (χ1n) is 11.2. The highest BCUT2D eigenvalue weighted by Gasteiger charge is 2.24. The second-order valence-electron chi connectivity index (χ2n) is 8.31. The number of hydrogen-bond acceptors (Lipinski definition) is 5. The van der Waals surface area contributed by atoms with Gasteiger partial charge in [0.05, 0.1) is 19.8 Å². The number of ether oxygens (including phenoxy) is 3. The lowest BCUT2D eigenvalue weighted by atomic mass is 9.97. The molecule has 1 aliphatic heterocycles. The van der Waals surface area contributed by atoms with E-state index in [1.165, 1.54) is 0 Å². The van der Waals surface area contributed by atoms with Crippen molar-refractivity contribution in [3.63, 3.8) is 0 Å². The van der Waals surface area contributed by atoms with Gasteiger partial charge in [-0.05, 0) is 57.3 Å². The number of carbonyl (C=O) groups excluding carboxylic acids is 2. The van der Waals surface area contributed by atoms with Crippen LogP contribution in [0.4, 0.5) is 0 Å². The normalized spacial score (nSPS) is 12.9. The summed E-state index contributed by atoms with van der Waals surface area (Å²) in [6, 6.07) is 21.3. The van der Waals surface area contributed by atoms with Crippen LogP contribution in [0.25, 0.3) is 21.5 Å². The number of rotatable bonds is 5. The monoisotopic (exact) mass is 455 g/mol. The van der Waals surface area contributed by atoms with Gasteiger partial charge < -0.3 is 19.1 Å². The van der Waals surface area contributed by atoms with E-state index in [4.69, 9.17) is 14.2 Å². The van der Waals surface area contributed by atoms with Gasteiger partial charge in [0.2, 0.25) is 0 Å². The van der Waals surface area contributed by atoms with Crippen LogP contribution in [0.2, 0.25) is 0 Å². The molecule has 34 heavy (non-hydrogen) atoms. The molecular formula is C28H25NO5. The van der Waals surface area contributed by atoms with Crippen molar-refractivity contribution in [3.8, 4) is 11.5 Å². The molecule has 0 unspecified atom stereocenters. The molecule has 4 aromatic carbocycles. The lowest BCUT2D eigenvalue weighted by Crippen LogP contribution is -2.38. The van der Waals surface area contributed by atoms with Crippen LogP contribution in [-0.4, -0.2) is 44.1 Å². The van der Waals surface area contributed by atoms with Gasteiger partial charge in [-0.2, -0.15) is 0 Å². The molecule has 0 atom stereocenters. The third-order valence-corrected chi connectivity index (χ3v) is 6.37. The van der Waals surface area contributed by atoms with Gasteiger partial charge >= 0.3 is 5.97 Å². The smallest absolute Gasteiger partial charge is 0.339 e. The molecule has 5 rings (SSSR count). The molecule has 0 saturated carbocycles. The molecule has 1 heterocycles. The molecule has 6 heteroatoms. The molecule has 1 amide bonds. The summed E-state index contributed by atoms with van der Waals surface area (Å²) < 4.78 is 16.3. The molecule has 0 spiro atoms. The standard InChI is InChI=1S/C28H25NO5/c1-32-24-14-18-11-12-29(16-21(18)15-25(24)33-2)26(30)17-34-28(31)27-22-9-5-3-7-19(22)13-20-8-4-6-10-23(20)27/h3-10,13-15H,11-12,16-17H2,1-2H3. The minimum Gasteiger partial charge on any atom is -0.493 e. The Labute approximate surface area is 197 Å². The quantitative estimate of drug-likeness (QED) is 0.321. The average Bonchev–Trinajstić information content (AvgIpc) is 2.88. The Morgan fingerprint density at radius 3 is 2.03 bits per heavy atom. The Morgan fingerprint density at radius 1 is 0.824 bits per heavy atom. The fourth-order valence-electron chi connectivity index (χ4n) is 4.62. The first-order valence-corrected chi connectivity index (χ1v) is 11.2. The third kappa shape index (κ3) is 3.92. The molecular weight excluding hydrogens is 430 g/mol. The number of nitrogens with zero attached hydrogens (tertiary/aromatic N) is 1. The van der Waals surface area contributed by atoms with E-state index in [9.17, 15) is 9.59 Å². The number of fused-ring (bicyclic) bond motifs is 3. The molecule has 0 bridgehead atoms. The molecule has 0 aromatic heterocycles. The summed E-state index contributed by atoms with van der Waals surface area (Å²) in [7, 11) is 3.20. The van der Waals surface area contributed by atoms with Crippen molar-refractivity contribution in [2.45, 2.75) is 13.0 Å². The number of hydrogen-bond donors (Lipinski definition) is 0. The van der Waals surface area contributed by atoms with Gasteiger partial charge in [-0.1, -0.05) is 48.5 Å². The van der Waals surface area contributed by atoms with Crippen molar-refractivity contribution < 1.29 is 23.8 Å². The van der Waals surface area contributed by atoms with E-state index in [-0.39, 0.29) is 12.5 Å². The van der Waals surface area contributed by atoms with E-state index in [0.717, 1.165) is 32.7 Å². The number of carbonyl (C=O) groups is 2. The highest BCUT2D eigenvalue weighted by molar-refractivity contribution is 6.16. The topological polar surface area (TPSA) is 65.1 Å². The van der Waals surface area contributed by atoms with E-state index in [1.54, 1.807) is 19.1 Å². The predicted octanol–water partition coefficient (Wildman–Crippen LogP) is 4.75. The summed E-state index contributed by atoms with van der Waals surface area (Å²) in [6.07, 6.45) is 0.698. The number of esters is 1. The maximum Gasteiger partial charge on any atom is 0.339 e. The second kappa shape index (κ2) is 9.06.